The molecule has 0 spiro atoms. The van der Waals surface area contributed by atoms with E-state index in [1.54, 1.807) is 7.11 Å². The summed E-state index contributed by atoms with van der Waals surface area (Å²) in [6.45, 7) is 0. The fraction of sp³-hybridized carbons (Fsp3) is 0.500. The van der Waals surface area contributed by atoms with Gasteiger partial charge in [0.25, 0.3) is 0 Å². The van der Waals surface area contributed by atoms with Crippen LogP contribution in [0.25, 0.3) is 11.1 Å². The first kappa shape index (κ1) is 25.3. The lowest BCUT2D eigenvalue weighted by Crippen LogP contribution is -2.61. The predicted molar refractivity (Wildman–Crippen MR) is 138 cm³/mol. The molecule has 6 rings (SSSR count). The minimum Gasteiger partial charge on any atom is -0.496 e. The highest BCUT2D eigenvalue weighted by Crippen LogP contribution is 2.65. The second-order valence-corrected chi connectivity index (χ2v) is 11.2. The van der Waals surface area contributed by atoms with E-state index in [0.29, 0.717) is 24.7 Å². The van der Waals surface area contributed by atoms with Crippen LogP contribution in [0.3, 0.4) is 0 Å². The molecule has 196 valence electrons. The fourth-order valence-electron chi connectivity index (χ4n) is 7.57. The van der Waals surface area contributed by atoms with Gasteiger partial charge < -0.3 is 19.5 Å². The van der Waals surface area contributed by atoms with Crippen LogP contribution in [-0.4, -0.2) is 45.2 Å². The SMILES string of the molecule is COC(=O)[C@H](Cc1ccc(-c2ccccc2OC)cc1)NC(=O)C12CC3CC(C1)CC(C(=O)OC)(C3)C2. The molecule has 2 aromatic rings. The highest BCUT2D eigenvalue weighted by atomic mass is 16.5. The van der Waals surface area contributed by atoms with Gasteiger partial charge in [0, 0.05) is 12.0 Å². The third-order valence-electron chi connectivity index (χ3n) is 8.76. The minimum absolute atomic E-state index is 0.143. The molecule has 4 aliphatic rings. The first-order chi connectivity index (χ1) is 17.8. The quantitative estimate of drug-likeness (QED) is 0.538. The molecule has 0 saturated heterocycles. The zero-order valence-electron chi connectivity index (χ0n) is 21.8. The lowest BCUT2D eigenvalue weighted by molar-refractivity contribution is -0.182. The van der Waals surface area contributed by atoms with Crippen LogP contribution in [0.2, 0.25) is 0 Å². The van der Waals surface area contributed by atoms with Crippen molar-refractivity contribution in [3.05, 3.63) is 54.1 Å². The van der Waals surface area contributed by atoms with Crippen molar-refractivity contribution in [2.24, 2.45) is 22.7 Å². The first-order valence-corrected chi connectivity index (χ1v) is 13.0. The number of carbonyl (C=O) groups excluding carboxylic acids is 3. The van der Waals surface area contributed by atoms with Gasteiger partial charge in [-0.3, -0.25) is 9.59 Å². The van der Waals surface area contributed by atoms with E-state index < -0.39 is 22.8 Å². The average Bonchev–Trinajstić information content (AvgIpc) is 2.91. The van der Waals surface area contributed by atoms with Gasteiger partial charge in [0.1, 0.15) is 11.8 Å². The number of hydrogen-bond donors (Lipinski definition) is 1. The lowest BCUT2D eigenvalue weighted by Gasteiger charge is -2.59. The lowest BCUT2D eigenvalue weighted by atomic mass is 9.44. The van der Waals surface area contributed by atoms with E-state index in [9.17, 15) is 14.4 Å². The first-order valence-electron chi connectivity index (χ1n) is 13.0. The summed E-state index contributed by atoms with van der Waals surface area (Å²) in [6, 6.07) is 14.9. The van der Waals surface area contributed by atoms with E-state index >= 15 is 0 Å². The number of rotatable bonds is 8. The molecule has 2 aromatic carbocycles. The third-order valence-corrected chi connectivity index (χ3v) is 8.76. The maximum absolute atomic E-state index is 13.8. The second kappa shape index (κ2) is 9.84. The summed E-state index contributed by atoms with van der Waals surface area (Å²) < 4.78 is 15.7. The molecule has 4 aliphatic carbocycles. The van der Waals surface area contributed by atoms with Gasteiger partial charge in [0.15, 0.2) is 0 Å². The van der Waals surface area contributed by atoms with Gasteiger partial charge in [-0.1, -0.05) is 42.5 Å². The number of carbonyl (C=O) groups is 3. The smallest absolute Gasteiger partial charge is 0.328 e. The molecule has 4 fully saturated rings. The van der Waals surface area contributed by atoms with E-state index in [4.69, 9.17) is 14.2 Å². The van der Waals surface area contributed by atoms with E-state index in [-0.39, 0.29) is 11.9 Å². The molecule has 0 heterocycles. The summed E-state index contributed by atoms with van der Waals surface area (Å²) in [5.74, 6) is 0.648. The fourth-order valence-corrected chi connectivity index (χ4v) is 7.57. The van der Waals surface area contributed by atoms with Gasteiger partial charge in [0.2, 0.25) is 5.91 Å². The Bertz CT molecular complexity index is 1170. The molecule has 1 N–H and O–H groups in total. The number of para-hydroxylation sites is 1. The van der Waals surface area contributed by atoms with Crippen molar-refractivity contribution in [1.82, 2.24) is 5.32 Å². The van der Waals surface area contributed by atoms with Crippen molar-refractivity contribution in [2.45, 2.75) is 51.0 Å². The number of amides is 1. The van der Waals surface area contributed by atoms with Crippen molar-refractivity contribution in [1.29, 1.82) is 0 Å². The Morgan fingerprint density at radius 1 is 0.892 bits per heavy atom. The zero-order chi connectivity index (χ0) is 26.2. The molecule has 1 amide bonds. The van der Waals surface area contributed by atoms with E-state index in [1.807, 2.05) is 48.5 Å². The van der Waals surface area contributed by atoms with Gasteiger partial charge in [-0.2, -0.15) is 0 Å². The Labute approximate surface area is 217 Å². The molecule has 0 radical (unpaired) electrons. The van der Waals surface area contributed by atoms with Gasteiger partial charge in [0.05, 0.1) is 32.2 Å². The normalized spacial score (nSPS) is 28.3. The Hall–Kier alpha value is -3.35. The summed E-state index contributed by atoms with van der Waals surface area (Å²) in [7, 11) is 4.41. The summed E-state index contributed by atoms with van der Waals surface area (Å²) in [5, 5.41) is 3.03. The van der Waals surface area contributed by atoms with Crippen LogP contribution >= 0.6 is 0 Å². The van der Waals surface area contributed by atoms with Crippen LogP contribution in [0.5, 0.6) is 5.75 Å². The van der Waals surface area contributed by atoms with Gasteiger partial charge >= 0.3 is 11.9 Å². The summed E-state index contributed by atoms with van der Waals surface area (Å²) in [5.41, 5.74) is 1.67. The zero-order valence-corrected chi connectivity index (χ0v) is 21.8. The van der Waals surface area contributed by atoms with Crippen molar-refractivity contribution in [3.63, 3.8) is 0 Å². The average molecular weight is 506 g/mol. The van der Waals surface area contributed by atoms with E-state index in [1.165, 1.54) is 14.2 Å². The molecular formula is C30H35NO6. The summed E-state index contributed by atoms with van der Waals surface area (Å²) in [6.07, 6.45) is 4.98. The predicted octanol–water partition coefficient (Wildman–Crippen LogP) is 4.32. The van der Waals surface area contributed by atoms with Crippen LogP contribution in [0.1, 0.15) is 44.1 Å². The second-order valence-electron chi connectivity index (χ2n) is 11.2. The Kier molecular flexibility index (Phi) is 6.73. The number of esters is 2. The van der Waals surface area contributed by atoms with Crippen LogP contribution in [0, 0.1) is 22.7 Å². The largest absolute Gasteiger partial charge is 0.496 e. The number of nitrogens with one attached hydrogen (secondary N) is 1. The molecule has 4 saturated carbocycles. The molecule has 2 unspecified atom stereocenters. The maximum Gasteiger partial charge on any atom is 0.328 e. The van der Waals surface area contributed by atoms with Crippen LogP contribution in [0.4, 0.5) is 0 Å². The van der Waals surface area contributed by atoms with Crippen molar-refractivity contribution < 1.29 is 28.6 Å². The van der Waals surface area contributed by atoms with E-state index in [0.717, 1.165) is 54.5 Å². The van der Waals surface area contributed by atoms with Gasteiger partial charge in [-0.15, -0.1) is 0 Å². The number of hydrogen-bond acceptors (Lipinski definition) is 6. The topological polar surface area (TPSA) is 90.9 Å². The molecule has 0 aromatic heterocycles. The molecule has 4 bridgehead atoms. The van der Waals surface area contributed by atoms with Crippen molar-refractivity contribution in [3.8, 4) is 16.9 Å². The summed E-state index contributed by atoms with van der Waals surface area (Å²) in [4.78, 5) is 39.3. The van der Waals surface area contributed by atoms with Crippen LogP contribution in [-0.2, 0) is 30.3 Å². The van der Waals surface area contributed by atoms with Crippen LogP contribution < -0.4 is 10.1 Å². The Balaban J connectivity index is 1.34. The highest BCUT2D eigenvalue weighted by Gasteiger charge is 2.63. The van der Waals surface area contributed by atoms with Gasteiger partial charge in [-0.25, -0.2) is 4.79 Å². The van der Waals surface area contributed by atoms with Crippen LogP contribution in [0.15, 0.2) is 48.5 Å². The highest BCUT2D eigenvalue weighted by molar-refractivity contribution is 5.90. The van der Waals surface area contributed by atoms with Crippen molar-refractivity contribution in [2.75, 3.05) is 21.3 Å². The molecule has 7 nitrogen and oxygen atoms in total. The Morgan fingerprint density at radius 2 is 1.54 bits per heavy atom. The molecule has 37 heavy (non-hydrogen) atoms. The summed E-state index contributed by atoms with van der Waals surface area (Å²) >= 11 is 0. The number of methoxy groups -OCH3 is 3. The van der Waals surface area contributed by atoms with Gasteiger partial charge in [-0.05, 0) is 67.6 Å². The van der Waals surface area contributed by atoms with Crippen molar-refractivity contribution >= 4 is 17.8 Å². The minimum atomic E-state index is -0.809. The monoisotopic (exact) mass is 505 g/mol. The van der Waals surface area contributed by atoms with E-state index in [2.05, 4.69) is 5.32 Å². The standard InChI is InChI=1S/C30H35NO6/c1-35-25-7-5-4-6-23(25)22-10-8-19(9-11-22)13-24(26(32)36-2)31-27(33)29-14-20-12-21(15-29)17-30(16-20,18-29)28(34)37-3/h4-11,20-21,24H,12-18H2,1-3H3,(H,31,33)/t20?,21?,24-,29?,30?/m0/s1. The third kappa shape index (κ3) is 4.60. The maximum atomic E-state index is 13.8. The molecular weight excluding hydrogens is 470 g/mol. The number of ether oxygens (including phenoxy) is 3. The number of benzene rings is 2. The molecule has 3 atom stereocenters. The Morgan fingerprint density at radius 3 is 2.16 bits per heavy atom. The molecule has 0 aliphatic heterocycles. The molecule has 7 heteroatoms.